The maximum atomic E-state index is 12.6. The van der Waals surface area contributed by atoms with Gasteiger partial charge in [0.2, 0.25) is 5.91 Å². The van der Waals surface area contributed by atoms with E-state index in [9.17, 15) is 27.6 Å². The number of anilines is 1. The van der Waals surface area contributed by atoms with Crippen molar-refractivity contribution in [2.75, 3.05) is 11.9 Å². The van der Waals surface area contributed by atoms with Crippen molar-refractivity contribution in [3.63, 3.8) is 0 Å². The number of amides is 4. The number of ether oxygens (including phenoxy) is 1. The molecule has 1 heterocycles. The van der Waals surface area contributed by atoms with E-state index in [1.54, 1.807) is 6.92 Å². The van der Waals surface area contributed by atoms with Crippen molar-refractivity contribution < 1.29 is 32.3 Å². The number of carbonyl (C=O) groups is 3. The number of hydrogen-bond donors (Lipinski definition) is 2. The highest BCUT2D eigenvalue weighted by Gasteiger charge is 2.47. The Morgan fingerprint density at radius 2 is 1.83 bits per heavy atom. The third-order valence-electron chi connectivity index (χ3n) is 4.55. The van der Waals surface area contributed by atoms with Crippen molar-refractivity contribution in [2.24, 2.45) is 0 Å². The number of benzene rings is 1. The van der Waals surface area contributed by atoms with Crippen molar-refractivity contribution in [1.82, 2.24) is 10.2 Å². The van der Waals surface area contributed by atoms with E-state index in [1.807, 2.05) is 0 Å². The van der Waals surface area contributed by atoms with Crippen molar-refractivity contribution in [3.8, 4) is 5.75 Å². The lowest BCUT2D eigenvalue weighted by Gasteiger charge is -2.21. The molecule has 0 spiro atoms. The largest absolute Gasteiger partial charge is 0.573 e. The molecule has 29 heavy (non-hydrogen) atoms. The van der Waals surface area contributed by atoms with Crippen LogP contribution in [0.15, 0.2) is 24.3 Å². The van der Waals surface area contributed by atoms with Crippen LogP contribution in [0, 0.1) is 0 Å². The maximum absolute atomic E-state index is 12.6. The fourth-order valence-corrected chi connectivity index (χ4v) is 3.05. The molecule has 1 saturated heterocycles. The average molecular weight is 415 g/mol. The minimum Gasteiger partial charge on any atom is -0.406 e. The zero-order chi connectivity index (χ0) is 21.7. The zero-order valence-corrected chi connectivity index (χ0v) is 16.3. The minimum absolute atomic E-state index is 0.207. The van der Waals surface area contributed by atoms with E-state index in [4.69, 9.17) is 0 Å². The summed E-state index contributed by atoms with van der Waals surface area (Å²) in [6, 6.07) is 3.90. The molecule has 0 aliphatic carbocycles. The molecule has 0 unspecified atom stereocenters. The highest BCUT2D eigenvalue weighted by atomic mass is 19.4. The number of rotatable bonds is 9. The summed E-state index contributed by atoms with van der Waals surface area (Å²) in [5.41, 5.74) is -0.833. The molecule has 0 saturated carbocycles. The minimum atomic E-state index is -4.81. The molecule has 2 rings (SSSR count). The first kappa shape index (κ1) is 22.5. The Bertz CT molecular complexity index is 752. The Labute approximate surface area is 166 Å². The molecule has 4 amide bonds. The number of unbranched alkanes of at least 4 members (excludes halogenated alkanes) is 3. The van der Waals surface area contributed by atoms with Crippen LogP contribution in [-0.4, -0.2) is 41.2 Å². The molecule has 1 atom stereocenters. The van der Waals surface area contributed by atoms with Crippen molar-refractivity contribution in [2.45, 2.75) is 57.9 Å². The smallest absolute Gasteiger partial charge is 0.406 e. The van der Waals surface area contributed by atoms with Crippen molar-refractivity contribution >= 4 is 23.5 Å². The van der Waals surface area contributed by atoms with Gasteiger partial charge >= 0.3 is 12.4 Å². The van der Waals surface area contributed by atoms with Crippen LogP contribution >= 0.6 is 0 Å². The summed E-state index contributed by atoms with van der Waals surface area (Å²) in [5.74, 6) is -1.54. The van der Waals surface area contributed by atoms with Crippen LogP contribution in [0.25, 0.3) is 0 Å². The van der Waals surface area contributed by atoms with E-state index in [2.05, 4.69) is 22.3 Å². The molecule has 1 fully saturated rings. The molecular weight excluding hydrogens is 391 g/mol. The number of halogens is 3. The predicted molar refractivity (Wildman–Crippen MR) is 99.2 cm³/mol. The van der Waals surface area contributed by atoms with Crippen LogP contribution in [0.4, 0.5) is 23.7 Å². The van der Waals surface area contributed by atoms with Gasteiger partial charge in [-0.1, -0.05) is 32.6 Å². The zero-order valence-electron chi connectivity index (χ0n) is 16.3. The van der Waals surface area contributed by atoms with E-state index in [0.717, 1.165) is 42.7 Å². The predicted octanol–water partition coefficient (Wildman–Crippen LogP) is 3.80. The van der Waals surface area contributed by atoms with Gasteiger partial charge in [-0.3, -0.25) is 14.5 Å². The second kappa shape index (κ2) is 9.15. The maximum Gasteiger partial charge on any atom is 0.573 e. The van der Waals surface area contributed by atoms with E-state index >= 15 is 0 Å². The topological polar surface area (TPSA) is 87.7 Å². The van der Waals surface area contributed by atoms with Crippen LogP contribution in [-0.2, 0) is 9.59 Å². The Hall–Kier alpha value is -2.78. The second-order valence-corrected chi connectivity index (χ2v) is 7.08. The van der Waals surface area contributed by atoms with Gasteiger partial charge in [-0.2, -0.15) is 0 Å². The third kappa shape index (κ3) is 6.37. The second-order valence-electron chi connectivity index (χ2n) is 7.08. The molecule has 1 aromatic rings. The standard InChI is InChI=1S/C19H24F3N3O4/c1-3-4-5-6-11-18(2)16(27)25(17(28)24-18)12-15(26)23-13-7-9-14(10-8-13)29-19(20,21)22/h7-10H,3-6,11-12H2,1-2H3,(H,23,26)(H,24,28)/t18-/m1/s1. The van der Waals surface area contributed by atoms with Gasteiger partial charge in [-0.15, -0.1) is 13.2 Å². The molecule has 10 heteroatoms. The van der Waals surface area contributed by atoms with Crippen molar-refractivity contribution in [1.29, 1.82) is 0 Å². The number of nitrogens with one attached hydrogen (secondary N) is 2. The fraction of sp³-hybridized carbons (Fsp3) is 0.526. The molecule has 2 N–H and O–H groups in total. The average Bonchev–Trinajstić information content (AvgIpc) is 2.83. The lowest BCUT2D eigenvalue weighted by atomic mass is 9.94. The summed E-state index contributed by atoms with van der Waals surface area (Å²) in [5, 5.41) is 5.08. The number of carbonyl (C=O) groups excluding carboxylic acids is 3. The summed E-state index contributed by atoms with van der Waals surface area (Å²) >= 11 is 0. The van der Waals surface area contributed by atoms with Gasteiger partial charge in [-0.05, 0) is 37.6 Å². The molecular formula is C19H24F3N3O4. The Morgan fingerprint density at radius 1 is 1.17 bits per heavy atom. The highest BCUT2D eigenvalue weighted by molar-refractivity contribution is 6.09. The van der Waals surface area contributed by atoms with Crippen LogP contribution < -0.4 is 15.4 Å². The lowest BCUT2D eigenvalue weighted by Crippen LogP contribution is -2.44. The molecule has 0 bridgehead atoms. The quantitative estimate of drug-likeness (QED) is 0.474. The van der Waals surface area contributed by atoms with Crippen molar-refractivity contribution in [3.05, 3.63) is 24.3 Å². The van der Waals surface area contributed by atoms with Gasteiger partial charge in [0.1, 0.15) is 17.8 Å². The van der Waals surface area contributed by atoms with E-state index in [1.165, 1.54) is 12.1 Å². The van der Waals surface area contributed by atoms with Gasteiger partial charge in [-0.25, -0.2) is 4.79 Å². The molecule has 1 aliphatic heterocycles. The summed E-state index contributed by atoms with van der Waals surface area (Å²) in [7, 11) is 0. The molecule has 1 aromatic carbocycles. The first-order valence-electron chi connectivity index (χ1n) is 9.34. The summed E-state index contributed by atoms with van der Waals surface area (Å²) in [6.45, 7) is 3.22. The van der Waals surface area contributed by atoms with E-state index < -0.39 is 42.0 Å². The van der Waals surface area contributed by atoms with Gasteiger partial charge < -0.3 is 15.4 Å². The monoisotopic (exact) mass is 415 g/mol. The third-order valence-corrected chi connectivity index (χ3v) is 4.55. The van der Waals surface area contributed by atoms with Crippen LogP contribution in [0.2, 0.25) is 0 Å². The summed E-state index contributed by atoms with van der Waals surface area (Å²) in [6.07, 6.45) is -0.510. The molecule has 1 aliphatic rings. The van der Waals surface area contributed by atoms with Gasteiger partial charge in [0.15, 0.2) is 0 Å². The van der Waals surface area contributed by atoms with E-state index in [-0.39, 0.29) is 5.69 Å². The van der Waals surface area contributed by atoms with Gasteiger partial charge in [0.05, 0.1) is 0 Å². The first-order valence-corrected chi connectivity index (χ1v) is 9.34. The van der Waals surface area contributed by atoms with Gasteiger partial charge in [0, 0.05) is 5.69 Å². The number of alkyl halides is 3. The Morgan fingerprint density at radius 3 is 2.41 bits per heavy atom. The summed E-state index contributed by atoms with van der Waals surface area (Å²) in [4.78, 5) is 37.8. The molecule has 160 valence electrons. The number of nitrogens with zero attached hydrogens (tertiary/aromatic N) is 1. The number of urea groups is 1. The SMILES string of the molecule is CCCCCC[C@@]1(C)NC(=O)N(CC(=O)Nc2ccc(OC(F)(F)F)cc2)C1=O. The summed E-state index contributed by atoms with van der Waals surface area (Å²) < 4.78 is 40.2. The number of imide groups is 1. The van der Waals surface area contributed by atoms with Crippen LogP contribution in [0.5, 0.6) is 5.75 Å². The van der Waals surface area contributed by atoms with Crippen LogP contribution in [0.3, 0.4) is 0 Å². The van der Waals surface area contributed by atoms with Gasteiger partial charge in [0.25, 0.3) is 5.91 Å². The molecule has 0 radical (unpaired) electrons. The molecule has 0 aromatic heterocycles. The number of hydrogen-bond acceptors (Lipinski definition) is 4. The Balaban J connectivity index is 1.91. The normalized spacial score (nSPS) is 19.3. The highest BCUT2D eigenvalue weighted by Crippen LogP contribution is 2.25. The molecule has 7 nitrogen and oxygen atoms in total. The lowest BCUT2D eigenvalue weighted by molar-refractivity contribution is -0.274. The Kier molecular flexibility index (Phi) is 7.10. The first-order chi connectivity index (χ1) is 13.5. The van der Waals surface area contributed by atoms with Crippen LogP contribution in [0.1, 0.15) is 46.0 Å². The fourth-order valence-electron chi connectivity index (χ4n) is 3.05. The van der Waals surface area contributed by atoms with E-state index in [0.29, 0.717) is 6.42 Å².